The van der Waals surface area contributed by atoms with Gasteiger partial charge in [-0.25, -0.2) is 4.98 Å². The van der Waals surface area contributed by atoms with Gasteiger partial charge in [-0.15, -0.1) is 10.2 Å². The summed E-state index contributed by atoms with van der Waals surface area (Å²) >= 11 is 0. The first-order chi connectivity index (χ1) is 11.4. The van der Waals surface area contributed by atoms with Crippen LogP contribution >= 0.6 is 0 Å². The lowest BCUT2D eigenvalue weighted by atomic mass is 10.1. The first-order valence-electron chi connectivity index (χ1n) is 8.54. The van der Waals surface area contributed by atoms with Crippen molar-refractivity contribution in [3.8, 4) is 0 Å². The number of nitrogens with zero attached hydrogens (tertiary/aromatic N) is 5. The van der Waals surface area contributed by atoms with Gasteiger partial charge >= 0.3 is 0 Å². The van der Waals surface area contributed by atoms with Crippen molar-refractivity contribution >= 4 is 5.91 Å². The third-order valence-electron chi connectivity index (χ3n) is 4.47. The summed E-state index contributed by atoms with van der Waals surface area (Å²) in [5.41, 5.74) is 1.02. The predicted molar refractivity (Wildman–Crippen MR) is 88.6 cm³/mol. The third kappa shape index (κ3) is 3.49. The largest absolute Gasteiger partial charge is 0.425 e. The number of aromatic nitrogens is 4. The van der Waals surface area contributed by atoms with Crippen LogP contribution in [0.1, 0.15) is 61.8 Å². The van der Waals surface area contributed by atoms with Gasteiger partial charge in [-0.2, -0.15) is 0 Å². The second-order valence-electron chi connectivity index (χ2n) is 6.87. The van der Waals surface area contributed by atoms with Crippen LogP contribution in [0.25, 0.3) is 0 Å². The van der Waals surface area contributed by atoms with Crippen molar-refractivity contribution in [1.29, 1.82) is 0 Å². The SMILES string of the molecule is Cc1cn(C)c(C2CCN(C(=O)CCc3nnc(C(C)C)o3)C2)n1. The number of aryl methyl sites for hydroxylation is 3. The van der Waals surface area contributed by atoms with E-state index in [1.165, 1.54) is 0 Å². The van der Waals surface area contributed by atoms with Gasteiger partial charge in [0, 0.05) is 51.0 Å². The number of rotatable bonds is 5. The van der Waals surface area contributed by atoms with E-state index < -0.39 is 0 Å². The Morgan fingerprint density at radius 2 is 2.21 bits per heavy atom. The van der Waals surface area contributed by atoms with Crippen LogP contribution < -0.4 is 0 Å². The molecule has 0 bridgehead atoms. The number of carbonyl (C=O) groups is 1. The van der Waals surface area contributed by atoms with Gasteiger partial charge in [-0.05, 0) is 13.3 Å². The van der Waals surface area contributed by atoms with Crippen molar-refractivity contribution in [1.82, 2.24) is 24.6 Å². The maximum Gasteiger partial charge on any atom is 0.223 e. The van der Waals surface area contributed by atoms with E-state index in [0.29, 0.717) is 30.5 Å². The van der Waals surface area contributed by atoms with Crippen molar-refractivity contribution in [2.75, 3.05) is 13.1 Å². The molecule has 1 aliphatic rings. The van der Waals surface area contributed by atoms with Crippen molar-refractivity contribution in [3.63, 3.8) is 0 Å². The standard InChI is InChI=1S/C17H25N5O2/c1-11(2)17-20-19-14(24-17)5-6-15(23)22-8-7-13(10-22)16-18-12(3)9-21(16)4/h9,11,13H,5-8,10H2,1-4H3. The Balaban J connectivity index is 1.53. The van der Waals surface area contributed by atoms with Gasteiger partial charge in [0.15, 0.2) is 0 Å². The molecule has 0 spiro atoms. The lowest BCUT2D eigenvalue weighted by Crippen LogP contribution is -2.28. The summed E-state index contributed by atoms with van der Waals surface area (Å²) in [6.07, 6.45) is 3.91. The molecule has 0 aliphatic carbocycles. The fourth-order valence-corrected chi connectivity index (χ4v) is 3.18. The fraction of sp³-hybridized carbons (Fsp3) is 0.647. The Bertz CT molecular complexity index is 718. The Hall–Kier alpha value is -2.18. The molecule has 1 unspecified atom stereocenters. The molecule has 0 radical (unpaired) electrons. The van der Waals surface area contributed by atoms with E-state index >= 15 is 0 Å². The Kier molecular flexibility index (Phi) is 4.69. The van der Waals surface area contributed by atoms with E-state index in [0.717, 1.165) is 31.0 Å². The van der Waals surface area contributed by atoms with E-state index in [1.807, 2.05) is 38.9 Å². The zero-order chi connectivity index (χ0) is 17.3. The quantitative estimate of drug-likeness (QED) is 0.839. The van der Waals surface area contributed by atoms with E-state index in [2.05, 4.69) is 19.7 Å². The van der Waals surface area contributed by atoms with E-state index in [4.69, 9.17) is 4.42 Å². The topological polar surface area (TPSA) is 77.0 Å². The van der Waals surface area contributed by atoms with Gasteiger partial charge in [0.05, 0.1) is 5.69 Å². The van der Waals surface area contributed by atoms with Gasteiger partial charge in [-0.3, -0.25) is 4.79 Å². The number of hydrogen-bond acceptors (Lipinski definition) is 5. The molecule has 3 rings (SSSR count). The molecule has 1 aliphatic heterocycles. The molecule has 2 aromatic rings. The summed E-state index contributed by atoms with van der Waals surface area (Å²) in [4.78, 5) is 19.0. The summed E-state index contributed by atoms with van der Waals surface area (Å²) in [6, 6.07) is 0. The summed E-state index contributed by atoms with van der Waals surface area (Å²) in [6.45, 7) is 7.54. The highest BCUT2D eigenvalue weighted by Gasteiger charge is 2.29. The molecular formula is C17H25N5O2. The van der Waals surface area contributed by atoms with Crippen molar-refractivity contribution in [2.45, 2.75) is 51.9 Å². The molecule has 1 amide bonds. The van der Waals surface area contributed by atoms with Crippen LogP contribution in [-0.4, -0.2) is 43.6 Å². The van der Waals surface area contributed by atoms with Gasteiger partial charge in [0.2, 0.25) is 17.7 Å². The maximum atomic E-state index is 12.4. The normalized spacial score (nSPS) is 17.9. The number of carbonyl (C=O) groups excluding carboxylic acids is 1. The van der Waals surface area contributed by atoms with Crippen LogP contribution in [0.4, 0.5) is 0 Å². The Morgan fingerprint density at radius 1 is 1.42 bits per heavy atom. The molecule has 0 aromatic carbocycles. The number of amides is 1. The number of imidazole rings is 1. The van der Waals surface area contributed by atoms with Crippen LogP contribution in [-0.2, 0) is 18.3 Å². The van der Waals surface area contributed by atoms with Crippen molar-refractivity contribution < 1.29 is 9.21 Å². The van der Waals surface area contributed by atoms with Gasteiger partial charge in [-0.1, -0.05) is 13.8 Å². The minimum Gasteiger partial charge on any atom is -0.425 e. The van der Waals surface area contributed by atoms with Gasteiger partial charge in [0.25, 0.3) is 0 Å². The first-order valence-corrected chi connectivity index (χ1v) is 8.54. The minimum absolute atomic E-state index is 0.146. The minimum atomic E-state index is 0.146. The molecule has 1 saturated heterocycles. The highest BCUT2D eigenvalue weighted by molar-refractivity contribution is 5.76. The summed E-state index contributed by atoms with van der Waals surface area (Å²) in [5.74, 6) is 2.92. The van der Waals surface area contributed by atoms with Crippen molar-refractivity contribution in [2.24, 2.45) is 7.05 Å². The van der Waals surface area contributed by atoms with E-state index in [1.54, 1.807) is 0 Å². The average Bonchev–Trinajstić information content (AvgIpc) is 3.24. The molecule has 0 N–H and O–H groups in total. The smallest absolute Gasteiger partial charge is 0.223 e. The maximum absolute atomic E-state index is 12.4. The zero-order valence-electron chi connectivity index (χ0n) is 14.8. The molecule has 0 saturated carbocycles. The van der Waals surface area contributed by atoms with E-state index in [-0.39, 0.29) is 11.8 Å². The van der Waals surface area contributed by atoms with Crippen LogP contribution in [0.5, 0.6) is 0 Å². The second kappa shape index (κ2) is 6.75. The summed E-state index contributed by atoms with van der Waals surface area (Å²) < 4.78 is 7.63. The van der Waals surface area contributed by atoms with Crippen LogP contribution in [0.2, 0.25) is 0 Å². The first kappa shape index (κ1) is 16.7. The molecule has 24 heavy (non-hydrogen) atoms. The van der Waals surface area contributed by atoms with Crippen LogP contribution in [0, 0.1) is 6.92 Å². The molecular weight excluding hydrogens is 306 g/mol. The van der Waals surface area contributed by atoms with Gasteiger partial charge in [0.1, 0.15) is 5.82 Å². The predicted octanol–water partition coefficient (Wildman–Crippen LogP) is 2.18. The van der Waals surface area contributed by atoms with Crippen LogP contribution in [0.15, 0.2) is 10.6 Å². The highest BCUT2D eigenvalue weighted by Crippen LogP contribution is 2.27. The molecule has 7 heteroatoms. The third-order valence-corrected chi connectivity index (χ3v) is 4.47. The molecule has 3 heterocycles. The van der Waals surface area contributed by atoms with E-state index in [9.17, 15) is 4.79 Å². The summed E-state index contributed by atoms with van der Waals surface area (Å²) in [5, 5.41) is 8.01. The monoisotopic (exact) mass is 331 g/mol. The summed E-state index contributed by atoms with van der Waals surface area (Å²) in [7, 11) is 2.02. The zero-order valence-corrected chi connectivity index (χ0v) is 14.8. The molecule has 7 nitrogen and oxygen atoms in total. The number of hydrogen-bond donors (Lipinski definition) is 0. The Morgan fingerprint density at radius 3 is 2.83 bits per heavy atom. The molecule has 1 atom stereocenters. The van der Waals surface area contributed by atoms with Gasteiger partial charge < -0.3 is 13.9 Å². The fourth-order valence-electron chi connectivity index (χ4n) is 3.18. The molecule has 2 aromatic heterocycles. The van der Waals surface area contributed by atoms with Crippen molar-refractivity contribution in [3.05, 3.63) is 29.5 Å². The molecule has 1 fully saturated rings. The highest BCUT2D eigenvalue weighted by atomic mass is 16.4. The molecule has 130 valence electrons. The lowest BCUT2D eigenvalue weighted by molar-refractivity contribution is -0.130. The van der Waals surface area contributed by atoms with Crippen LogP contribution in [0.3, 0.4) is 0 Å². The number of likely N-dealkylation sites (tertiary alicyclic amines) is 1. The lowest BCUT2D eigenvalue weighted by Gasteiger charge is -2.16. The second-order valence-corrected chi connectivity index (χ2v) is 6.87. The average molecular weight is 331 g/mol. The Labute approximate surface area is 142 Å².